The van der Waals surface area contributed by atoms with Crippen LogP contribution in [-0.2, 0) is 9.53 Å². The molecule has 1 amide bonds. The van der Waals surface area contributed by atoms with Crippen LogP contribution in [0.5, 0.6) is 0 Å². The summed E-state index contributed by atoms with van der Waals surface area (Å²) in [6.07, 6.45) is 0. The molecular weight excluding hydrogens is 423 g/mol. The summed E-state index contributed by atoms with van der Waals surface area (Å²) in [4.78, 5) is 42.1. The van der Waals surface area contributed by atoms with Gasteiger partial charge in [0.15, 0.2) is 12.3 Å². The molecule has 1 aromatic carbocycles. The molecule has 11 heteroatoms. The second kappa shape index (κ2) is 9.06. The lowest BCUT2D eigenvalue weighted by atomic mass is 10.2. The molecule has 29 heavy (non-hydrogen) atoms. The molecule has 0 radical (unpaired) electrons. The van der Waals surface area contributed by atoms with E-state index in [1.807, 2.05) is 4.90 Å². The lowest BCUT2D eigenvalue weighted by molar-refractivity contribution is -0.384. The van der Waals surface area contributed by atoms with Gasteiger partial charge in [-0.3, -0.25) is 14.9 Å². The van der Waals surface area contributed by atoms with E-state index < -0.39 is 17.5 Å². The molecule has 3 rings (SSSR count). The van der Waals surface area contributed by atoms with Crippen LogP contribution < -0.4 is 4.90 Å². The zero-order chi connectivity index (χ0) is 21.0. The molecule has 0 spiro atoms. The third-order valence-corrected chi connectivity index (χ3v) is 4.91. The van der Waals surface area contributed by atoms with E-state index in [0.717, 1.165) is 5.69 Å². The molecule has 0 atom stereocenters. The standard InChI is InChI=1S/C18H16Cl2N4O5/c19-14-5-6-15(20)21-17(14)18(26)29-11-16(25)23-9-7-22(8-10-23)12-1-3-13(4-2-12)24(27)28/h1-6H,7-11H2. The number of halogens is 2. The van der Waals surface area contributed by atoms with Crippen molar-refractivity contribution in [1.82, 2.24) is 9.88 Å². The summed E-state index contributed by atoms with van der Waals surface area (Å²) in [5.41, 5.74) is 0.726. The second-order valence-corrected chi connectivity index (χ2v) is 6.98. The van der Waals surface area contributed by atoms with E-state index in [2.05, 4.69) is 4.98 Å². The van der Waals surface area contributed by atoms with Crippen molar-refractivity contribution in [3.8, 4) is 0 Å². The fourth-order valence-electron chi connectivity index (χ4n) is 2.85. The van der Waals surface area contributed by atoms with Gasteiger partial charge in [0.25, 0.3) is 11.6 Å². The predicted octanol–water partition coefficient (Wildman–Crippen LogP) is 2.80. The van der Waals surface area contributed by atoms with Crippen LogP contribution in [-0.4, -0.2) is 59.5 Å². The lowest BCUT2D eigenvalue weighted by Gasteiger charge is -2.36. The number of benzene rings is 1. The molecule has 1 aliphatic heterocycles. The highest BCUT2D eigenvalue weighted by molar-refractivity contribution is 6.34. The number of amides is 1. The van der Waals surface area contributed by atoms with E-state index in [-0.39, 0.29) is 27.5 Å². The molecule has 0 aliphatic carbocycles. The van der Waals surface area contributed by atoms with Crippen LogP contribution in [0.1, 0.15) is 10.5 Å². The van der Waals surface area contributed by atoms with Gasteiger partial charge >= 0.3 is 5.97 Å². The van der Waals surface area contributed by atoms with Gasteiger partial charge in [-0.25, -0.2) is 9.78 Å². The molecule has 0 saturated carbocycles. The van der Waals surface area contributed by atoms with Crippen molar-refractivity contribution in [2.24, 2.45) is 0 Å². The first-order chi connectivity index (χ1) is 13.8. The van der Waals surface area contributed by atoms with Crippen LogP contribution in [0.15, 0.2) is 36.4 Å². The molecule has 0 unspecified atom stereocenters. The first-order valence-corrected chi connectivity index (χ1v) is 9.37. The number of aromatic nitrogens is 1. The summed E-state index contributed by atoms with van der Waals surface area (Å²) >= 11 is 11.6. The Morgan fingerprint density at radius 3 is 2.34 bits per heavy atom. The van der Waals surface area contributed by atoms with Gasteiger partial charge in [0.2, 0.25) is 0 Å². The number of rotatable bonds is 5. The van der Waals surface area contributed by atoms with E-state index in [9.17, 15) is 19.7 Å². The van der Waals surface area contributed by atoms with Gasteiger partial charge in [-0.15, -0.1) is 0 Å². The van der Waals surface area contributed by atoms with E-state index in [4.69, 9.17) is 27.9 Å². The van der Waals surface area contributed by atoms with Crippen LogP contribution >= 0.6 is 23.2 Å². The molecular formula is C18H16Cl2N4O5. The maximum Gasteiger partial charge on any atom is 0.359 e. The van der Waals surface area contributed by atoms with Crippen molar-refractivity contribution in [3.63, 3.8) is 0 Å². The Hall–Kier alpha value is -2.91. The largest absolute Gasteiger partial charge is 0.451 e. The molecule has 9 nitrogen and oxygen atoms in total. The third-order valence-electron chi connectivity index (χ3n) is 4.39. The number of ether oxygens (including phenoxy) is 1. The fraction of sp³-hybridized carbons (Fsp3) is 0.278. The Balaban J connectivity index is 1.50. The van der Waals surface area contributed by atoms with Gasteiger partial charge in [0.05, 0.1) is 9.95 Å². The second-order valence-electron chi connectivity index (χ2n) is 6.18. The predicted molar refractivity (Wildman–Crippen MR) is 106 cm³/mol. The number of piperazine rings is 1. The minimum atomic E-state index is -0.824. The first kappa shape index (κ1) is 20.8. The fourth-order valence-corrected chi connectivity index (χ4v) is 3.18. The molecule has 1 fully saturated rings. The number of carbonyl (C=O) groups excluding carboxylic acids is 2. The van der Waals surface area contributed by atoms with Crippen molar-refractivity contribution in [2.45, 2.75) is 0 Å². The van der Waals surface area contributed by atoms with E-state index in [0.29, 0.717) is 26.2 Å². The summed E-state index contributed by atoms with van der Waals surface area (Å²) in [5, 5.41) is 10.9. The highest BCUT2D eigenvalue weighted by atomic mass is 35.5. The van der Waals surface area contributed by atoms with Crippen molar-refractivity contribution in [1.29, 1.82) is 0 Å². The van der Waals surface area contributed by atoms with Crippen LogP contribution in [0.3, 0.4) is 0 Å². The number of hydrogen-bond acceptors (Lipinski definition) is 7. The molecule has 1 aromatic heterocycles. The number of nitrogens with zero attached hydrogens (tertiary/aromatic N) is 4. The van der Waals surface area contributed by atoms with E-state index >= 15 is 0 Å². The summed E-state index contributed by atoms with van der Waals surface area (Å²) in [5.74, 6) is -1.16. The topological polar surface area (TPSA) is 106 Å². The van der Waals surface area contributed by atoms with Crippen LogP contribution in [0.2, 0.25) is 10.2 Å². The zero-order valence-electron chi connectivity index (χ0n) is 15.1. The number of esters is 1. The molecule has 1 aliphatic rings. The summed E-state index contributed by atoms with van der Waals surface area (Å²) in [6.45, 7) is 1.55. The van der Waals surface area contributed by atoms with Crippen LogP contribution in [0, 0.1) is 10.1 Å². The Morgan fingerprint density at radius 1 is 1.07 bits per heavy atom. The number of pyridine rings is 1. The van der Waals surface area contributed by atoms with Crippen molar-refractivity contribution < 1.29 is 19.2 Å². The van der Waals surface area contributed by atoms with Crippen molar-refractivity contribution in [2.75, 3.05) is 37.7 Å². The third kappa shape index (κ3) is 5.12. The molecule has 1 saturated heterocycles. The molecule has 0 bridgehead atoms. The summed E-state index contributed by atoms with van der Waals surface area (Å²) < 4.78 is 5.01. The highest BCUT2D eigenvalue weighted by Gasteiger charge is 2.23. The number of nitro benzene ring substituents is 1. The maximum absolute atomic E-state index is 12.3. The first-order valence-electron chi connectivity index (χ1n) is 8.61. The normalized spacial score (nSPS) is 13.9. The SMILES string of the molecule is O=C(OCC(=O)N1CCN(c2ccc([N+](=O)[O-])cc2)CC1)c1nc(Cl)ccc1Cl. The Labute approximate surface area is 175 Å². The number of anilines is 1. The van der Waals surface area contributed by atoms with Gasteiger partial charge < -0.3 is 14.5 Å². The number of hydrogen-bond donors (Lipinski definition) is 0. The lowest BCUT2D eigenvalue weighted by Crippen LogP contribution is -2.49. The van der Waals surface area contributed by atoms with Gasteiger partial charge in [0, 0.05) is 44.0 Å². The molecule has 0 N–H and O–H groups in total. The van der Waals surface area contributed by atoms with Crippen molar-refractivity contribution >= 4 is 46.5 Å². The zero-order valence-corrected chi connectivity index (χ0v) is 16.6. The van der Waals surface area contributed by atoms with Gasteiger partial charge in [0.1, 0.15) is 5.15 Å². The quantitative estimate of drug-likeness (QED) is 0.305. The minimum absolute atomic E-state index is 0.0266. The molecule has 2 heterocycles. The molecule has 152 valence electrons. The minimum Gasteiger partial charge on any atom is -0.451 e. The average molecular weight is 439 g/mol. The Morgan fingerprint density at radius 2 is 1.72 bits per heavy atom. The summed E-state index contributed by atoms with van der Waals surface area (Å²) in [7, 11) is 0. The number of nitro groups is 1. The van der Waals surface area contributed by atoms with Crippen LogP contribution in [0.4, 0.5) is 11.4 Å². The van der Waals surface area contributed by atoms with Crippen molar-refractivity contribution in [3.05, 3.63) is 62.4 Å². The van der Waals surface area contributed by atoms with E-state index in [1.54, 1.807) is 17.0 Å². The Kier molecular flexibility index (Phi) is 6.50. The molecule has 2 aromatic rings. The number of non-ortho nitro benzene ring substituents is 1. The summed E-state index contributed by atoms with van der Waals surface area (Å²) in [6, 6.07) is 9.11. The van der Waals surface area contributed by atoms with Gasteiger partial charge in [-0.05, 0) is 24.3 Å². The average Bonchev–Trinajstić information content (AvgIpc) is 2.73. The van der Waals surface area contributed by atoms with Crippen LogP contribution in [0.25, 0.3) is 0 Å². The smallest absolute Gasteiger partial charge is 0.359 e. The maximum atomic E-state index is 12.3. The number of carbonyl (C=O) groups is 2. The monoisotopic (exact) mass is 438 g/mol. The Bertz CT molecular complexity index is 930. The van der Waals surface area contributed by atoms with E-state index in [1.165, 1.54) is 24.3 Å². The van der Waals surface area contributed by atoms with Gasteiger partial charge in [-0.2, -0.15) is 0 Å². The van der Waals surface area contributed by atoms with Gasteiger partial charge in [-0.1, -0.05) is 23.2 Å². The highest BCUT2D eigenvalue weighted by Crippen LogP contribution is 2.21.